The third kappa shape index (κ3) is 4.92. The molecule has 0 aromatic carbocycles. The van der Waals surface area contributed by atoms with Gasteiger partial charge in [0.05, 0.1) is 12.8 Å². The zero-order valence-corrected chi connectivity index (χ0v) is 12.4. The summed E-state index contributed by atoms with van der Waals surface area (Å²) in [5.74, 6) is 0.121. The average Bonchev–Trinajstić information content (AvgIpc) is 3.15. The molecule has 2 aromatic rings. The van der Waals surface area contributed by atoms with Crippen molar-refractivity contribution in [3.05, 3.63) is 52.6 Å². The second-order valence-electron chi connectivity index (χ2n) is 4.45. The van der Waals surface area contributed by atoms with Crippen LogP contribution in [0.25, 0.3) is 6.08 Å². The molecule has 2 rings (SSSR count). The molecule has 21 heavy (non-hydrogen) atoms. The maximum absolute atomic E-state index is 11.9. The predicted octanol–water partition coefficient (Wildman–Crippen LogP) is 2.13. The van der Waals surface area contributed by atoms with Crippen LogP contribution in [-0.4, -0.2) is 30.3 Å². The van der Waals surface area contributed by atoms with E-state index in [1.54, 1.807) is 41.5 Å². The lowest BCUT2D eigenvalue weighted by atomic mass is 10.3. The highest BCUT2D eigenvalue weighted by Crippen LogP contribution is 2.08. The highest BCUT2D eigenvalue weighted by atomic mass is 32.1. The molecule has 0 radical (unpaired) electrons. The molecule has 0 fully saturated rings. The first-order valence-corrected chi connectivity index (χ1v) is 7.34. The van der Waals surface area contributed by atoms with E-state index in [-0.39, 0.29) is 18.4 Å². The minimum absolute atomic E-state index is 0.0258. The highest BCUT2D eigenvalue weighted by Gasteiger charge is 2.10. The van der Waals surface area contributed by atoms with Crippen molar-refractivity contribution in [1.29, 1.82) is 0 Å². The van der Waals surface area contributed by atoms with Crippen LogP contribution >= 0.6 is 11.3 Å². The molecule has 0 bridgehead atoms. The van der Waals surface area contributed by atoms with Gasteiger partial charge in [-0.3, -0.25) is 9.59 Å². The Bertz CT molecular complexity index is 603. The lowest BCUT2D eigenvalue weighted by Gasteiger charge is -2.16. The van der Waals surface area contributed by atoms with Gasteiger partial charge in [0.1, 0.15) is 5.76 Å². The van der Waals surface area contributed by atoms with Crippen molar-refractivity contribution in [1.82, 2.24) is 10.2 Å². The van der Waals surface area contributed by atoms with E-state index in [2.05, 4.69) is 5.32 Å². The molecule has 0 aliphatic heterocycles. The quantitative estimate of drug-likeness (QED) is 0.832. The van der Waals surface area contributed by atoms with E-state index in [1.807, 2.05) is 16.8 Å². The molecule has 110 valence electrons. The monoisotopic (exact) mass is 304 g/mol. The molecular formula is C15H16N2O3S. The van der Waals surface area contributed by atoms with Gasteiger partial charge < -0.3 is 14.6 Å². The number of furan rings is 1. The van der Waals surface area contributed by atoms with Crippen molar-refractivity contribution in [3.8, 4) is 0 Å². The van der Waals surface area contributed by atoms with E-state index in [0.29, 0.717) is 12.3 Å². The molecule has 2 heterocycles. The summed E-state index contributed by atoms with van der Waals surface area (Å²) in [6.07, 6.45) is 4.42. The van der Waals surface area contributed by atoms with Crippen LogP contribution in [0.1, 0.15) is 11.3 Å². The van der Waals surface area contributed by atoms with Crippen molar-refractivity contribution in [2.75, 3.05) is 13.6 Å². The Morgan fingerprint density at radius 3 is 2.95 bits per heavy atom. The van der Waals surface area contributed by atoms with Crippen LogP contribution in [0.5, 0.6) is 0 Å². The third-order valence-electron chi connectivity index (χ3n) is 2.78. The Kier molecular flexibility index (Phi) is 5.34. The van der Waals surface area contributed by atoms with E-state index in [4.69, 9.17) is 4.42 Å². The number of carbonyl (C=O) groups excluding carboxylic acids is 2. The highest BCUT2D eigenvalue weighted by molar-refractivity contribution is 7.07. The topological polar surface area (TPSA) is 62.6 Å². The van der Waals surface area contributed by atoms with Gasteiger partial charge in [0.2, 0.25) is 11.8 Å². The smallest absolute Gasteiger partial charge is 0.244 e. The summed E-state index contributed by atoms with van der Waals surface area (Å²) < 4.78 is 5.07. The maximum Gasteiger partial charge on any atom is 0.244 e. The number of likely N-dealkylation sites (N-methyl/N-ethyl adjacent to an activating group) is 1. The van der Waals surface area contributed by atoms with Crippen molar-refractivity contribution in [2.45, 2.75) is 6.54 Å². The molecule has 2 aromatic heterocycles. The van der Waals surface area contributed by atoms with Gasteiger partial charge in [0, 0.05) is 19.7 Å². The summed E-state index contributed by atoms with van der Waals surface area (Å²) in [6, 6.07) is 5.45. The lowest BCUT2D eigenvalue weighted by molar-refractivity contribution is -0.131. The van der Waals surface area contributed by atoms with Gasteiger partial charge in [-0.2, -0.15) is 11.3 Å². The number of rotatable bonds is 6. The zero-order chi connectivity index (χ0) is 15.1. The summed E-state index contributed by atoms with van der Waals surface area (Å²) in [7, 11) is 1.71. The van der Waals surface area contributed by atoms with Crippen LogP contribution in [0.4, 0.5) is 0 Å². The summed E-state index contributed by atoms with van der Waals surface area (Å²) >= 11 is 1.59. The van der Waals surface area contributed by atoms with Gasteiger partial charge in [-0.15, -0.1) is 0 Å². The van der Waals surface area contributed by atoms with Crippen molar-refractivity contribution < 1.29 is 14.0 Å². The summed E-state index contributed by atoms with van der Waals surface area (Å²) in [4.78, 5) is 25.0. The Hall–Kier alpha value is -2.34. The zero-order valence-electron chi connectivity index (χ0n) is 11.6. The fraction of sp³-hybridized carbons (Fsp3) is 0.200. The average molecular weight is 304 g/mol. The Labute approximate surface area is 126 Å². The number of thiophene rings is 1. The number of nitrogens with zero attached hydrogens (tertiary/aromatic N) is 1. The van der Waals surface area contributed by atoms with E-state index in [1.165, 1.54) is 12.3 Å². The first-order chi connectivity index (χ1) is 10.1. The first-order valence-electron chi connectivity index (χ1n) is 6.39. The summed E-state index contributed by atoms with van der Waals surface area (Å²) in [5.41, 5.74) is 1.08. The van der Waals surface area contributed by atoms with Crippen LogP contribution < -0.4 is 5.32 Å². The molecule has 1 N–H and O–H groups in total. The SMILES string of the molecule is CN(Cc1ccsc1)C(=O)CNC(=O)/C=C/c1ccco1. The summed E-state index contributed by atoms with van der Waals surface area (Å²) in [5, 5.41) is 6.51. The van der Waals surface area contributed by atoms with Crippen molar-refractivity contribution >= 4 is 29.2 Å². The molecule has 0 saturated heterocycles. The normalized spacial score (nSPS) is 10.7. The van der Waals surface area contributed by atoms with Crippen LogP contribution in [0, 0.1) is 0 Å². The molecule has 0 unspecified atom stereocenters. The number of amides is 2. The number of hydrogen-bond acceptors (Lipinski definition) is 4. The van der Waals surface area contributed by atoms with E-state index >= 15 is 0 Å². The van der Waals surface area contributed by atoms with Crippen LogP contribution in [0.3, 0.4) is 0 Å². The fourth-order valence-corrected chi connectivity index (χ4v) is 2.31. The van der Waals surface area contributed by atoms with E-state index in [9.17, 15) is 9.59 Å². The molecule has 0 aliphatic carbocycles. The van der Waals surface area contributed by atoms with Crippen LogP contribution in [0.2, 0.25) is 0 Å². The Morgan fingerprint density at radius 2 is 2.29 bits per heavy atom. The fourth-order valence-electron chi connectivity index (χ4n) is 1.65. The second-order valence-corrected chi connectivity index (χ2v) is 5.23. The van der Waals surface area contributed by atoms with Crippen LogP contribution in [0.15, 0.2) is 45.7 Å². The standard InChI is InChI=1S/C15H16N2O3S/c1-17(10-12-6-8-21-11-12)15(19)9-16-14(18)5-4-13-3-2-7-20-13/h2-8,11H,9-10H2,1H3,(H,16,18)/b5-4+. The lowest BCUT2D eigenvalue weighted by Crippen LogP contribution is -2.37. The predicted molar refractivity (Wildman–Crippen MR) is 81.5 cm³/mol. The molecule has 2 amide bonds. The van der Waals surface area contributed by atoms with Gasteiger partial charge in [-0.25, -0.2) is 0 Å². The van der Waals surface area contributed by atoms with Gasteiger partial charge in [0.25, 0.3) is 0 Å². The molecule has 0 aliphatic rings. The molecule has 6 heteroatoms. The van der Waals surface area contributed by atoms with E-state index < -0.39 is 0 Å². The van der Waals surface area contributed by atoms with Crippen molar-refractivity contribution in [2.24, 2.45) is 0 Å². The third-order valence-corrected chi connectivity index (χ3v) is 3.51. The molecule has 0 saturated carbocycles. The summed E-state index contributed by atoms with van der Waals surface area (Å²) in [6.45, 7) is 0.516. The largest absolute Gasteiger partial charge is 0.465 e. The maximum atomic E-state index is 11.9. The van der Waals surface area contributed by atoms with Gasteiger partial charge >= 0.3 is 0 Å². The molecule has 0 atom stereocenters. The Morgan fingerprint density at radius 1 is 1.43 bits per heavy atom. The first kappa shape index (κ1) is 15.1. The minimum atomic E-state index is -0.330. The van der Waals surface area contributed by atoms with Gasteiger partial charge in [-0.05, 0) is 40.6 Å². The van der Waals surface area contributed by atoms with Crippen LogP contribution in [-0.2, 0) is 16.1 Å². The second kappa shape index (κ2) is 7.44. The molecular weight excluding hydrogens is 288 g/mol. The van der Waals surface area contributed by atoms with Crippen molar-refractivity contribution in [3.63, 3.8) is 0 Å². The molecule has 0 spiro atoms. The number of hydrogen-bond donors (Lipinski definition) is 1. The van der Waals surface area contributed by atoms with Gasteiger partial charge in [0.15, 0.2) is 0 Å². The number of nitrogens with one attached hydrogen (secondary N) is 1. The van der Waals surface area contributed by atoms with E-state index in [0.717, 1.165) is 5.56 Å². The Balaban J connectivity index is 1.74. The van der Waals surface area contributed by atoms with Gasteiger partial charge in [-0.1, -0.05) is 0 Å². The minimum Gasteiger partial charge on any atom is -0.465 e. The molecule has 5 nitrogen and oxygen atoms in total. The number of carbonyl (C=O) groups is 2.